The Balaban J connectivity index is 2.29. The summed E-state index contributed by atoms with van der Waals surface area (Å²) >= 11 is 0. The van der Waals surface area contributed by atoms with Crippen LogP contribution in [0.5, 0.6) is 0 Å². The fourth-order valence-corrected chi connectivity index (χ4v) is 0.937. The average Bonchev–Trinajstić information content (AvgIpc) is 2.04. The summed E-state index contributed by atoms with van der Waals surface area (Å²) in [4.78, 5) is 0. The summed E-state index contributed by atoms with van der Waals surface area (Å²) in [5, 5.41) is 0. The summed E-state index contributed by atoms with van der Waals surface area (Å²) < 4.78 is 10.6. The Kier molecular flexibility index (Phi) is 3.02. The van der Waals surface area contributed by atoms with Crippen LogP contribution in [0.3, 0.4) is 0 Å². The molecule has 0 saturated heterocycles. The highest BCUT2D eigenvalue weighted by molar-refractivity contribution is 4.93. The van der Waals surface area contributed by atoms with Crippen molar-refractivity contribution in [2.75, 3.05) is 6.61 Å². The second-order valence-electron chi connectivity index (χ2n) is 2.67. The molecule has 0 bridgehead atoms. The Morgan fingerprint density at radius 3 is 3.27 bits per heavy atom. The first kappa shape index (κ1) is 8.18. The van der Waals surface area contributed by atoms with Crippen LogP contribution in [0.4, 0.5) is 0 Å². The molecule has 0 spiro atoms. The SMILES string of the molecule is C=CCOC1=COC(C)CC1. The van der Waals surface area contributed by atoms with Crippen LogP contribution in [0.15, 0.2) is 24.7 Å². The molecule has 62 valence electrons. The molecule has 0 radical (unpaired) electrons. The summed E-state index contributed by atoms with van der Waals surface area (Å²) in [5.74, 6) is 0.933. The van der Waals surface area contributed by atoms with Crippen molar-refractivity contribution in [3.63, 3.8) is 0 Å². The van der Waals surface area contributed by atoms with Gasteiger partial charge in [0.05, 0.1) is 6.10 Å². The van der Waals surface area contributed by atoms with Crippen LogP contribution < -0.4 is 0 Å². The van der Waals surface area contributed by atoms with Gasteiger partial charge in [0, 0.05) is 6.42 Å². The molecule has 1 heterocycles. The van der Waals surface area contributed by atoms with E-state index in [2.05, 4.69) is 13.5 Å². The van der Waals surface area contributed by atoms with E-state index in [0.717, 1.165) is 18.6 Å². The highest BCUT2D eigenvalue weighted by Crippen LogP contribution is 2.17. The topological polar surface area (TPSA) is 18.5 Å². The average molecular weight is 154 g/mol. The third-order valence-electron chi connectivity index (χ3n) is 1.62. The van der Waals surface area contributed by atoms with Crippen molar-refractivity contribution in [3.05, 3.63) is 24.7 Å². The van der Waals surface area contributed by atoms with Crippen molar-refractivity contribution in [2.45, 2.75) is 25.9 Å². The second-order valence-corrected chi connectivity index (χ2v) is 2.67. The lowest BCUT2D eigenvalue weighted by atomic mass is 10.2. The van der Waals surface area contributed by atoms with E-state index in [9.17, 15) is 0 Å². The van der Waals surface area contributed by atoms with Crippen LogP contribution in [-0.2, 0) is 9.47 Å². The van der Waals surface area contributed by atoms with E-state index in [1.165, 1.54) is 0 Å². The third kappa shape index (κ3) is 2.66. The van der Waals surface area contributed by atoms with Crippen molar-refractivity contribution >= 4 is 0 Å². The van der Waals surface area contributed by atoms with Crippen LogP contribution >= 0.6 is 0 Å². The minimum Gasteiger partial charge on any atom is -0.495 e. The lowest BCUT2D eigenvalue weighted by molar-refractivity contribution is 0.0980. The summed E-state index contributed by atoms with van der Waals surface area (Å²) in [6.45, 7) is 6.20. The van der Waals surface area contributed by atoms with E-state index in [1.807, 2.05) is 0 Å². The van der Waals surface area contributed by atoms with E-state index < -0.39 is 0 Å². The summed E-state index contributed by atoms with van der Waals surface area (Å²) in [6.07, 6.45) is 5.81. The molecule has 0 N–H and O–H groups in total. The quantitative estimate of drug-likeness (QED) is 0.580. The zero-order chi connectivity index (χ0) is 8.10. The van der Waals surface area contributed by atoms with E-state index in [1.54, 1.807) is 12.3 Å². The van der Waals surface area contributed by atoms with Crippen LogP contribution in [0.25, 0.3) is 0 Å². The number of allylic oxidation sites excluding steroid dienone is 1. The molecule has 0 aromatic carbocycles. The summed E-state index contributed by atoms with van der Waals surface area (Å²) in [7, 11) is 0. The highest BCUT2D eigenvalue weighted by Gasteiger charge is 2.10. The molecule has 0 aromatic heterocycles. The van der Waals surface area contributed by atoms with Crippen molar-refractivity contribution in [1.82, 2.24) is 0 Å². The zero-order valence-electron chi connectivity index (χ0n) is 6.88. The third-order valence-corrected chi connectivity index (χ3v) is 1.62. The monoisotopic (exact) mass is 154 g/mol. The summed E-state index contributed by atoms with van der Waals surface area (Å²) in [6, 6.07) is 0. The van der Waals surface area contributed by atoms with Gasteiger partial charge in [-0.2, -0.15) is 0 Å². The van der Waals surface area contributed by atoms with Crippen molar-refractivity contribution in [3.8, 4) is 0 Å². The molecule has 0 aromatic rings. The Hall–Kier alpha value is -0.920. The van der Waals surface area contributed by atoms with Crippen LogP contribution in [0, 0.1) is 0 Å². The van der Waals surface area contributed by atoms with E-state index in [0.29, 0.717) is 12.7 Å². The molecule has 0 amide bonds. The first-order valence-corrected chi connectivity index (χ1v) is 3.91. The predicted octanol–water partition coefficient (Wildman–Crippen LogP) is 2.23. The van der Waals surface area contributed by atoms with Gasteiger partial charge in [0.15, 0.2) is 0 Å². The largest absolute Gasteiger partial charge is 0.495 e. The Morgan fingerprint density at radius 2 is 2.73 bits per heavy atom. The fourth-order valence-electron chi connectivity index (χ4n) is 0.937. The van der Waals surface area contributed by atoms with Gasteiger partial charge < -0.3 is 9.47 Å². The smallest absolute Gasteiger partial charge is 0.131 e. The van der Waals surface area contributed by atoms with Crippen molar-refractivity contribution in [2.24, 2.45) is 0 Å². The molecule has 2 nitrogen and oxygen atoms in total. The molecule has 1 aliphatic rings. The van der Waals surface area contributed by atoms with Crippen molar-refractivity contribution in [1.29, 1.82) is 0 Å². The minimum absolute atomic E-state index is 0.339. The lowest BCUT2D eigenvalue weighted by Gasteiger charge is -2.19. The molecule has 0 aliphatic carbocycles. The number of ether oxygens (including phenoxy) is 2. The maximum atomic E-state index is 5.30. The van der Waals surface area contributed by atoms with Gasteiger partial charge in [-0.25, -0.2) is 0 Å². The van der Waals surface area contributed by atoms with Gasteiger partial charge in [-0.3, -0.25) is 0 Å². The molecule has 11 heavy (non-hydrogen) atoms. The normalized spacial score (nSPS) is 23.4. The van der Waals surface area contributed by atoms with Crippen LogP contribution in [-0.4, -0.2) is 12.7 Å². The second kappa shape index (κ2) is 4.06. The lowest BCUT2D eigenvalue weighted by Crippen LogP contribution is -2.11. The van der Waals surface area contributed by atoms with E-state index in [4.69, 9.17) is 9.47 Å². The molecule has 2 heteroatoms. The van der Waals surface area contributed by atoms with E-state index in [-0.39, 0.29) is 0 Å². The van der Waals surface area contributed by atoms with E-state index >= 15 is 0 Å². The predicted molar refractivity (Wildman–Crippen MR) is 44.0 cm³/mol. The van der Waals surface area contributed by atoms with Crippen LogP contribution in [0.1, 0.15) is 19.8 Å². The maximum absolute atomic E-state index is 5.30. The van der Waals surface area contributed by atoms with Gasteiger partial charge in [0.2, 0.25) is 0 Å². The number of hydrogen-bond acceptors (Lipinski definition) is 2. The molecule has 1 aliphatic heterocycles. The van der Waals surface area contributed by atoms with Gasteiger partial charge >= 0.3 is 0 Å². The van der Waals surface area contributed by atoms with Gasteiger partial charge in [-0.05, 0) is 13.3 Å². The number of hydrogen-bond donors (Lipinski definition) is 0. The molecular formula is C9H14O2. The molecule has 0 saturated carbocycles. The number of rotatable bonds is 3. The molecular weight excluding hydrogens is 140 g/mol. The Labute approximate surface area is 67.5 Å². The van der Waals surface area contributed by atoms with Crippen LogP contribution in [0.2, 0.25) is 0 Å². The summed E-state index contributed by atoms with van der Waals surface area (Å²) in [5.41, 5.74) is 0. The fraction of sp³-hybridized carbons (Fsp3) is 0.556. The Bertz CT molecular complexity index is 161. The van der Waals surface area contributed by atoms with Gasteiger partial charge in [-0.1, -0.05) is 12.7 Å². The van der Waals surface area contributed by atoms with Gasteiger partial charge in [0.1, 0.15) is 18.6 Å². The first-order chi connectivity index (χ1) is 5.33. The maximum Gasteiger partial charge on any atom is 0.131 e. The van der Waals surface area contributed by atoms with Crippen molar-refractivity contribution < 1.29 is 9.47 Å². The molecule has 1 unspecified atom stereocenters. The Morgan fingerprint density at radius 1 is 1.91 bits per heavy atom. The van der Waals surface area contributed by atoms with Gasteiger partial charge in [-0.15, -0.1) is 0 Å². The molecule has 1 rings (SSSR count). The van der Waals surface area contributed by atoms with Gasteiger partial charge in [0.25, 0.3) is 0 Å². The standard InChI is InChI=1S/C9H14O2/c1-3-6-10-9-5-4-8(2)11-7-9/h3,7-8H,1,4-6H2,2H3. The molecule has 0 fully saturated rings. The minimum atomic E-state index is 0.339. The highest BCUT2D eigenvalue weighted by atomic mass is 16.5. The zero-order valence-corrected chi connectivity index (χ0v) is 6.88. The molecule has 1 atom stereocenters. The first-order valence-electron chi connectivity index (χ1n) is 3.91.